The van der Waals surface area contributed by atoms with E-state index in [1.54, 1.807) is 0 Å². The first-order valence-corrected chi connectivity index (χ1v) is 11.0. The van der Waals surface area contributed by atoms with Crippen LogP contribution in [-0.2, 0) is 19.5 Å². The Kier molecular flexibility index (Phi) is 5.97. The molecule has 3 aromatic rings. The molecule has 3 aromatic heterocycles. The van der Waals surface area contributed by atoms with E-state index in [-0.39, 0.29) is 5.91 Å². The molecular formula is C23H30N6O. The molecule has 4 rings (SSSR count). The first kappa shape index (κ1) is 20.3. The molecule has 30 heavy (non-hydrogen) atoms. The van der Waals surface area contributed by atoms with Crippen LogP contribution >= 0.6 is 0 Å². The van der Waals surface area contributed by atoms with Crippen molar-refractivity contribution >= 4 is 22.9 Å². The molecule has 1 aliphatic rings. The van der Waals surface area contributed by atoms with E-state index in [0.29, 0.717) is 17.6 Å². The molecule has 0 aliphatic carbocycles. The molecule has 0 bridgehead atoms. The van der Waals surface area contributed by atoms with E-state index in [2.05, 4.69) is 33.6 Å². The first-order chi connectivity index (χ1) is 14.6. The summed E-state index contributed by atoms with van der Waals surface area (Å²) in [5, 5.41) is 3.03. The van der Waals surface area contributed by atoms with Crippen molar-refractivity contribution in [3.63, 3.8) is 0 Å². The van der Waals surface area contributed by atoms with Crippen LogP contribution in [0.5, 0.6) is 0 Å². The summed E-state index contributed by atoms with van der Waals surface area (Å²) in [6.45, 7) is 9.37. The van der Waals surface area contributed by atoms with Crippen LogP contribution in [-0.4, -0.2) is 38.5 Å². The zero-order valence-electron chi connectivity index (χ0n) is 18.1. The first-order valence-electron chi connectivity index (χ1n) is 11.0. The number of hydrogen-bond donors (Lipinski definition) is 1. The van der Waals surface area contributed by atoms with Crippen molar-refractivity contribution in [2.75, 3.05) is 18.0 Å². The van der Waals surface area contributed by atoms with Gasteiger partial charge in [0.1, 0.15) is 17.2 Å². The van der Waals surface area contributed by atoms with Gasteiger partial charge in [0.05, 0.1) is 5.56 Å². The summed E-state index contributed by atoms with van der Waals surface area (Å²) in [4.78, 5) is 29.3. The number of pyridine rings is 2. The number of carbonyl (C=O) groups excluding carboxylic acids is 1. The second-order valence-corrected chi connectivity index (χ2v) is 7.85. The molecular weight excluding hydrogens is 376 g/mol. The fourth-order valence-electron chi connectivity index (χ4n) is 4.12. The molecule has 0 atom stereocenters. The number of fused-ring (bicyclic) bond motifs is 3. The summed E-state index contributed by atoms with van der Waals surface area (Å²) >= 11 is 0. The van der Waals surface area contributed by atoms with Gasteiger partial charge < -0.3 is 14.8 Å². The Hall–Kier alpha value is -2.96. The lowest BCUT2D eigenvalue weighted by Crippen LogP contribution is -2.24. The summed E-state index contributed by atoms with van der Waals surface area (Å²) in [6.07, 6.45) is 6.26. The third kappa shape index (κ3) is 4.01. The second-order valence-electron chi connectivity index (χ2n) is 7.85. The third-order valence-corrected chi connectivity index (χ3v) is 5.79. The summed E-state index contributed by atoms with van der Waals surface area (Å²) in [6, 6.07) is 5.87. The van der Waals surface area contributed by atoms with Crippen LogP contribution in [0.2, 0.25) is 0 Å². The average molecular weight is 407 g/mol. The van der Waals surface area contributed by atoms with E-state index in [1.807, 2.05) is 31.3 Å². The molecule has 0 saturated carbocycles. The highest BCUT2D eigenvalue weighted by Gasteiger charge is 2.20. The standard InChI is InChI=1S/C23H30N6O/c1-4-28(5-2)19-11-10-17(14-24-19)15-25-23(30)18-13-16(3)26-22-21(18)27-20-9-7-6-8-12-29(20)22/h10-11,13-14H,4-9,12,15H2,1-3H3,(H,25,30). The van der Waals surface area contributed by atoms with Gasteiger partial charge in [0.15, 0.2) is 5.65 Å². The fourth-order valence-corrected chi connectivity index (χ4v) is 4.12. The van der Waals surface area contributed by atoms with Gasteiger partial charge in [-0.25, -0.2) is 15.0 Å². The Balaban J connectivity index is 1.54. The number of aromatic nitrogens is 4. The van der Waals surface area contributed by atoms with E-state index in [1.165, 1.54) is 6.42 Å². The van der Waals surface area contributed by atoms with Crippen molar-refractivity contribution in [2.45, 2.75) is 59.5 Å². The summed E-state index contributed by atoms with van der Waals surface area (Å²) in [5.74, 6) is 1.89. The molecule has 1 aliphatic heterocycles. The maximum absolute atomic E-state index is 13.0. The van der Waals surface area contributed by atoms with Crippen LogP contribution in [0, 0.1) is 6.92 Å². The van der Waals surface area contributed by atoms with E-state index >= 15 is 0 Å². The molecule has 158 valence electrons. The molecule has 0 unspecified atom stereocenters. The van der Waals surface area contributed by atoms with Gasteiger partial charge in [-0.1, -0.05) is 12.5 Å². The van der Waals surface area contributed by atoms with Crippen molar-refractivity contribution < 1.29 is 4.79 Å². The van der Waals surface area contributed by atoms with Crippen molar-refractivity contribution in [3.05, 3.63) is 47.0 Å². The van der Waals surface area contributed by atoms with Gasteiger partial charge in [-0.2, -0.15) is 0 Å². The topological polar surface area (TPSA) is 75.9 Å². The van der Waals surface area contributed by atoms with Gasteiger partial charge in [-0.3, -0.25) is 4.79 Å². The lowest BCUT2D eigenvalue weighted by molar-refractivity contribution is 0.0952. The minimum absolute atomic E-state index is 0.119. The zero-order valence-corrected chi connectivity index (χ0v) is 18.1. The van der Waals surface area contributed by atoms with Crippen LogP contribution in [0.1, 0.15) is 60.5 Å². The number of nitrogens with zero attached hydrogens (tertiary/aromatic N) is 5. The number of amides is 1. The molecule has 0 radical (unpaired) electrons. The van der Waals surface area contributed by atoms with E-state index in [9.17, 15) is 4.79 Å². The second kappa shape index (κ2) is 8.81. The van der Waals surface area contributed by atoms with Crippen LogP contribution in [0.4, 0.5) is 5.82 Å². The molecule has 4 heterocycles. The van der Waals surface area contributed by atoms with Crippen LogP contribution in [0.3, 0.4) is 0 Å². The Morgan fingerprint density at radius 2 is 2.00 bits per heavy atom. The molecule has 1 N–H and O–H groups in total. The summed E-state index contributed by atoms with van der Waals surface area (Å²) in [7, 11) is 0. The maximum atomic E-state index is 13.0. The van der Waals surface area contributed by atoms with Crippen molar-refractivity contribution in [3.8, 4) is 0 Å². The zero-order chi connectivity index (χ0) is 21.1. The highest BCUT2D eigenvalue weighted by Crippen LogP contribution is 2.24. The number of hydrogen-bond acceptors (Lipinski definition) is 5. The molecule has 7 nitrogen and oxygen atoms in total. The monoisotopic (exact) mass is 406 g/mol. The predicted octanol–water partition coefficient (Wildman–Crippen LogP) is 3.64. The number of rotatable bonds is 6. The van der Waals surface area contributed by atoms with E-state index < -0.39 is 0 Å². The minimum Gasteiger partial charge on any atom is -0.357 e. The molecule has 0 aromatic carbocycles. The summed E-state index contributed by atoms with van der Waals surface area (Å²) in [5.41, 5.74) is 3.96. The van der Waals surface area contributed by atoms with Crippen LogP contribution < -0.4 is 10.2 Å². The van der Waals surface area contributed by atoms with Gasteiger partial charge in [0.25, 0.3) is 5.91 Å². The van der Waals surface area contributed by atoms with Crippen molar-refractivity contribution in [1.29, 1.82) is 0 Å². The number of aryl methyl sites for hydroxylation is 3. The van der Waals surface area contributed by atoms with Crippen molar-refractivity contribution in [2.24, 2.45) is 0 Å². The van der Waals surface area contributed by atoms with Gasteiger partial charge in [0.2, 0.25) is 0 Å². The van der Waals surface area contributed by atoms with Crippen LogP contribution in [0.25, 0.3) is 11.2 Å². The Morgan fingerprint density at radius 3 is 2.73 bits per heavy atom. The highest BCUT2D eigenvalue weighted by molar-refractivity contribution is 6.04. The number of carbonyl (C=O) groups is 1. The predicted molar refractivity (Wildman–Crippen MR) is 119 cm³/mol. The van der Waals surface area contributed by atoms with E-state index in [0.717, 1.165) is 67.4 Å². The number of imidazole rings is 1. The van der Waals surface area contributed by atoms with Gasteiger partial charge in [0, 0.05) is 44.5 Å². The fraction of sp³-hybridized carbons (Fsp3) is 0.478. The number of nitrogens with one attached hydrogen (secondary N) is 1. The smallest absolute Gasteiger partial charge is 0.253 e. The van der Waals surface area contributed by atoms with Gasteiger partial charge in [-0.15, -0.1) is 0 Å². The van der Waals surface area contributed by atoms with Gasteiger partial charge >= 0.3 is 0 Å². The normalized spacial score (nSPS) is 13.7. The van der Waals surface area contributed by atoms with Gasteiger partial charge in [-0.05, 0) is 51.3 Å². The Morgan fingerprint density at radius 1 is 1.17 bits per heavy atom. The quantitative estimate of drug-likeness (QED) is 0.676. The third-order valence-electron chi connectivity index (χ3n) is 5.79. The molecule has 7 heteroatoms. The molecule has 1 amide bonds. The van der Waals surface area contributed by atoms with Crippen LogP contribution in [0.15, 0.2) is 24.4 Å². The number of anilines is 1. The molecule has 0 fully saturated rings. The molecule has 0 spiro atoms. The highest BCUT2D eigenvalue weighted by atomic mass is 16.1. The minimum atomic E-state index is -0.119. The lowest BCUT2D eigenvalue weighted by atomic mass is 10.1. The van der Waals surface area contributed by atoms with E-state index in [4.69, 9.17) is 9.97 Å². The maximum Gasteiger partial charge on any atom is 0.253 e. The SMILES string of the molecule is CCN(CC)c1ccc(CNC(=O)c2cc(C)nc3c2nc2n3CCCCC2)cn1. The average Bonchev–Trinajstić information content (AvgIpc) is 2.94. The lowest BCUT2D eigenvalue weighted by Gasteiger charge is -2.19. The molecule has 0 saturated heterocycles. The summed E-state index contributed by atoms with van der Waals surface area (Å²) < 4.78 is 2.20. The van der Waals surface area contributed by atoms with Crippen molar-refractivity contribution in [1.82, 2.24) is 24.8 Å². The largest absolute Gasteiger partial charge is 0.357 e. The Labute approximate surface area is 177 Å². The Bertz CT molecular complexity index is 1040.